The molecule has 0 aromatic heterocycles. The fourth-order valence-electron chi connectivity index (χ4n) is 0.839. The van der Waals surface area contributed by atoms with Gasteiger partial charge in [0.05, 0.1) is 5.84 Å². The van der Waals surface area contributed by atoms with Crippen molar-refractivity contribution in [1.29, 1.82) is 0 Å². The standard InChI is InChI=1S/C8H18N2/c1-7(2)6-8(9-3)10(4)5/h7H,6H2,1-5H3/b9-8-. The number of aliphatic imine (C=N–C) groups is 1. The van der Waals surface area contributed by atoms with Gasteiger partial charge < -0.3 is 4.90 Å². The summed E-state index contributed by atoms with van der Waals surface area (Å²) in [5.74, 6) is 1.87. The molecule has 0 saturated heterocycles. The average molecular weight is 142 g/mol. The first-order valence-electron chi connectivity index (χ1n) is 3.71. The largest absolute Gasteiger partial charge is 0.367 e. The minimum atomic E-state index is 0.695. The zero-order valence-corrected chi connectivity index (χ0v) is 7.68. The van der Waals surface area contributed by atoms with Gasteiger partial charge >= 0.3 is 0 Å². The molecule has 0 radical (unpaired) electrons. The number of amidine groups is 1. The molecule has 0 aliphatic rings. The van der Waals surface area contributed by atoms with E-state index in [1.807, 2.05) is 21.1 Å². The molecule has 2 nitrogen and oxygen atoms in total. The van der Waals surface area contributed by atoms with Gasteiger partial charge in [-0.15, -0.1) is 0 Å². The van der Waals surface area contributed by atoms with Crippen molar-refractivity contribution >= 4 is 5.84 Å². The predicted molar refractivity (Wildman–Crippen MR) is 46.5 cm³/mol. The molecule has 0 atom stereocenters. The Bertz CT molecular complexity index is 114. The minimum Gasteiger partial charge on any atom is -0.367 e. The smallest absolute Gasteiger partial charge is 0.0982 e. The van der Waals surface area contributed by atoms with Crippen LogP contribution < -0.4 is 0 Å². The molecule has 0 aromatic rings. The highest BCUT2D eigenvalue weighted by molar-refractivity contribution is 5.81. The van der Waals surface area contributed by atoms with Crippen LogP contribution in [0.25, 0.3) is 0 Å². The maximum Gasteiger partial charge on any atom is 0.0982 e. The Labute approximate surface area is 63.9 Å². The lowest BCUT2D eigenvalue weighted by Gasteiger charge is -2.16. The van der Waals surface area contributed by atoms with E-state index in [9.17, 15) is 0 Å². The summed E-state index contributed by atoms with van der Waals surface area (Å²) in [5.41, 5.74) is 0. The summed E-state index contributed by atoms with van der Waals surface area (Å²) in [6.45, 7) is 4.41. The third-order valence-corrected chi connectivity index (χ3v) is 1.37. The zero-order valence-electron chi connectivity index (χ0n) is 7.68. The first kappa shape index (κ1) is 9.47. The molecule has 0 saturated carbocycles. The molecule has 2 heteroatoms. The van der Waals surface area contributed by atoms with Gasteiger partial charge in [0.15, 0.2) is 0 Å². The topological polar surface area (TPSA) is 15.6 Å². The second-order valence-corrected chi connectivity index (χ2v) is 3.13. The lowest BCUT2D eigenvalue weighted by molar-refractivity contribution is 0.564. The van der Waals surface area contributed by atoms with Crippen LogP contribution in [0.5, 0.6) is 0 Å². The van der Waals surface area contributed by atoms with Crippen LogP contribution in [0, 0.1) is 5.92 Å². The molecule has 0 unspecified atom stereocenters. The second kappa shape index (κ2) is 4.31. The fraction of sp³-hybridized carbons (Fsp3) is 0.875. The van der Waals surface area contributed by atoms with Gasteiger partial charge in [-0.25, -0.2) is 0 Å². The third kappa shape index (κ3) is 3.49. The molecule has 0 aromatic carbocycles. The Morgan fingerprint density at radius 1 is 1.40 bits per heavy atom. The first-order valence-corrected chi connectivity index (χ1v) is 3.71. The van der Waals surface area contributed by atoms with Crippen molar-refractivity contribution < 1.29 is 0 Å². The summed E-state index contributed by atoms with van der Waals surface area (Å²) in [4.78, 5) is 6.24. The molecular formula is C8H18N2. The summed E-state index contributed by atoms with van der Waals surface area (Å²) in [7, 11) is 5.91. The molecule has 10 heavy (non-hydrogen) atoms. The third-order valence-electron chi connectivity index (χ3n) is 1.37. The van der Waals surface area contributed by atoms with Crippen LogP contribution in [0.4, 0.5) is 0 Å². The van der Waals surface area contributed by atoms with E-state index in [1.54, 1.807) is 0 Å². The summed E-state index contributed by atoms with van der Waals surface area (Å²) in [6, 6.07) is 0. The van der Waals surface area contributed by atoms with Gasteiger partial charge in [0.1, 0.15) is 0 Å². The molecule has 60 valence electrons. The summed E-state index contributed by atoms with van der Waals surface area (Å²) in [6.07, 6.45) is 1.07. The van der Waals surface area contributed by atoms with E-state index in [0.29, 0.717) is 5.92 Å². The Morgan fingerprint density at radius 3 is 2.00 bits per heavy atom. The Morgan fingerprint density at radius 2 is 1.90 bits per heavy atom. The Balaban J connectivity index is 3.86. The van der Waals surface area contributed by atoms with E-state index < -0.39 is 0 Å². The maximum absolute atomic E-state index is 4.17. The van der Waals surface area contributed by atoms with Crippen LogP contribution in [0.3, 0.4) is 0 Å². The highest BCUT2D eigenvalue weighted by Crippen LogP contribution is 2.02. The van der Waals surface area contributed by atoms with E-state index in [4.69, 9.17) is 0 Å². The number of nitrogens with zero attached hydrogens (tertiary/aromatic N) is 2. The van der Waals surface area contributed by atoms with Crippen LogP contribution >= 0.6 is 0 Å². The number of hydrogen-bond acceptors (Lipinski definition) is 1. The molecular weight excluding hydrogens is 124 g/mol. The van der Waals surface area contributed by atoms with E-state index in [2.05, 4.69) is 23.7 Å². The first-order chi connectivity index (χ1) is 4.57. The van der Waals surface area contributed by atoms with Crippen molar-refractivity contribution in [1.82, 2.24) is 4.90 Å². The lowest BCUT2D eigenvalue weighted by Crippen LogP contribution is -2.23. The summed E-state index contributed by atoms with van der Waals surface area (Å²) >= 11 is 0. The Kier molecular flexibility index (Phi) is 4.08. The van der Waals surface area contributed by atoms with Crippen LogP contribution in [0.2, 0.25) is 0 Å². The zero-order chi connectivity index (χ0) is 8.15. The van der Waals surface area contributed by atoms with Crippen molar-refractivity contribution in [3.63, 3.8) is 0 Å². The second-order valence-electron chi connectivity index (χ2n) is 3.13. The van der Waals surface area contributed by atoms with E-state index in [-0.39, 0.29) is 0 Å². The van der Waals surface area contributed by atoms with E-state index in [1.165, 1.54) is 5.84 Å². The molecule has 0 amide bonds. The van der Waals surface area contributed by atoms with Crippen LogP contribution in [0.1, 0.15) is 20.3 Å². The highest BCUT2D eigenvalue weighted by Gasteiger charge is 2.02. The van der Waals surface area contributed by atoms with Gasteiger partial charge in [-0.1, -0.05) is 13.8 Å². The monoisotopic (exact) mass is 142 g/mol. The molecule has 0 rings (SSSR count). The van der Waals surface area contributed by atoms with Crippen molar-refractivity contribution in [2.75, 3.05) is 21.1 Å². The SMILES string of the molecule is C/N=C(/CC(C)C)N(C)C. The fourth-order valence-corrected chi connectivity index (χ4v) is 0.839. The average Bonchev–Trinajstić information content (AvgIpc) is 1.81. The molecule has 0 heterocycles. The van der Waals surface area contributed by atoms with Gasteiger partial charge in [-0.05, 0) is 5.92 Å². The molecule has 0 N–H and O–H groups in total. The highest BCUT2D eigenvalue weighted by atomic mass is 15.1. The molecule has 0 fully saturated rings. The van der Waals surface area contributed by atoms with Crippen molar-refractivity contribution in [2.45, 2.75) is 20.3 Å². The van der Waals surface area contributed by atoms with Gasteiger partial charge in [0.2, 0.25) is 0 Å². The number of rotatable bonds is 2. The van der Waals surface area contributed by atoms with Crippen molar-refractivity contribution in [3.8, 4) is 0 Å². The van der Waals surface area contributed by atoms with Gasteiger partial charge in [0, 0.05) is 27.6 Å². The summed E-state index contributed by atoms with van der Waals surface area (Å²) < 4.78 is 0. The molecule has 0 spiro atoms. The quantitative estimate of drug-likeness (QED) is 0.422. The minimum absolute atomic E-state index is 0.695. The van der Waals surface area contributed by atoms with E-state index in [0.717, 1.165) is 6.42 Å². The van der Waals surface area contributed by atoms with Gasteiger partial charge in [0.25, 0.3) is 0 Å². The van der Waals surface area contributed by atoms with Crippen LogP contribution in [-0.4, -0.2) is 31.9 Å². The molecule has 0 bridgehead atoms. The van der Waals surface area contributed by atoms with Crippen LogP contribution in [-0.2, 0) is 0 Å². The van der Waals surface area contributed by atoms with Gasteiger partial charge in [-0.2, -0.15) is 0 Å². The molecule has 0 aliphatic carbocycles. The van der Waals surface area contributed by atoms with Gasteiger partial charge in [-0.3, -0.25) is 4.99 Å². The van der Waals surface area contributed by atoms with Crippen molar-refractivity contribution in [3.05, 3.63) is 0 Å². The maximum atomic E-state index is 4.17. The molecule has 0 aliphatic heterocycles. The lowest BCUT2D eigenvalue weighted by atomic mass is 10.1. The summed E-state index contributed by atoms with van der Waals surface area (Å²) in [5, 5.41) is 0. The normalized spacial score (nSPS) is 12.4. The predicted octanol–water partition coefficient (Wildman–Crippen LogP) is 1.62. The van der Waals surface area contributed by atoms with Crippen molar-refractivity contribution in [2.24, 2.45) is 10.9 Å². The Hall–Kier alpha value is -0.530. The van der Waals surface area contributed by atoms with Crippen LogP contribution in [0.15, 0.2) is 4.99 Å². The van der Waals surface area contributed by atoms with E-state index >= 15 is 0 Å². The number of hydrogen-bond donors (Lipinski definition) is 0.